The highest BCUT2D eigenvalue weighted by atomic mass is 35.5. The molecule has 1 rings (SSSR count). The average molecular weight is 289 g/mol. The predicted octanol–water partition coefficient (Wildman–Crippen LogP) is 2.20. The number of halogens is 1. The van der Waals surface area contributed by atoms with Crippen LogP contribution < -0.4 is 5.32 Å². The lowest BCUT2D eigenvalue weighted by molar-refractivity contribution is -0.385. The van der Waals surface area contributed by atoms with E-state index in [1.54, 1.807) is 0 Å². The molecule has 1 unspecified atom stereocenters. The minimum Gasteiger partial charge on any atom is -0.502 e. The van der Waals surface area contributed by atoms with Crippen LogP contribution in [0.2, 0.25) is 5.02 Å². The molecule has 6 nitrogen and oxygen atoms in total. The Hall–Kier alpha value is -1.37. The summed E-state index contributed by atoms with van der Waals surface area (Å²) < 4.78 is 0. The normalized spacial score (nSPS) is 14.1. The first kappa shape index (κ1) is 15.7. The average Bonchev–Trinajstić information content (AvgIpc) is 2.38. The summed E-state index contributed by atoms with van der Waals surface area (Å²) in [5.41, 5.74) is -0.609. The topological polar surface area (TPSA) is 95.6 Å². The van der Waals surface area contributed by atoms with Crippen LogP contribution in [0.25, 0.3) is 0 Å². The second-order valence-electron chi connectivity index (χ2n) is 4.62. The van der Waals surface area contributed by atoms with Crippen molar-refractivity contribution in [3.8, 4) is 5.75 Å². The molecule has 0 aliphatic carbocycles. The molecule has 0 fully saturated rings. The van der Waals surface area contributed by atoms with E-state index in [0.29, 0.717) is 12.0 Å². The Labute approximate surface area is 116 Å². The van der Waals surface area contributed by atoms with Gasteiger partial charge >= 0.3 is 5.69 Å². The first-order valence-electron chi connectivity index (χ1n) is 5.84. The van der Waals surface area contributed by atoms with Gasteiger partial charge in [0.1, 0.15) is 0 Å². The molecule has 0 saturated heterocycles. The maximum Gasteiger partial charge on any atom is 0.312 e. The van der Waals surface area contributed by atoms with Crippen molar-refractivity contribution >= 4 is 17.3 Å². The van der Waals surface area contributed by atoms with Crippen molar-refractivity contribution < 1.29 is 15.1 Å². The lowest BCUT2D eigenvalue weighted by atomic mass is 9.99. The van der Waals surface area contributed by atoms with Gasteiger partial charge < -0.3 is 15.5 Å². The summed E-state index contributed by atoms with van der Waals surface area (Å²) in [7, 11) is 0. The molecule has 1 aromatic rings. The molecule has 0 spiro atoms. The molecule has 0 radical (unpaired) electrons. The molecule has 3 N–H and O–H groups in total. The summed E-state index contributed by atoms with van der Waals surface area (Å²) in [6, 6.07) is 2.57. The van der Waals surface area contributed by atoms with Crippen LogP contribution in [0.15, 0.2) is 12.1 Å². The quantitative estimate of drug-likeness (QED) is 0.551. The second-order valence-corrected chi connectivity index (χ2v) is 5.05. The SMILES string of the molecule is CCC(C)(CO)NCc1cc(Cl)cc([N+](=O)[O-])c1O. The zero-order valence-electron chi connectivity index (χ0n) is 10.8. The van der Waals surface area contributed by atoms with E-state index in [-0.39, 0.29) is 18.2 Å². The maximum absolute atomic E-state index is 10.8. The lowest BCUT2D eigenvalue weighted by Crippen LogP contribution is -2.44. The fourth-order valence-corrected chi connectivity index (χ4v) is 1.75. The summed E-state index contributed by atoms with van der Waals surface area (Å²) in [6.07, 6.45) is 0.674. The van der Waals surface area contributed by atoms with Gasteiger partial charge in [-0.05, 0) is 19.4 Å². The minimum atomic E-state index is -0.685. The van der Waals surface area contributed by atoms with Gasteiger partial charge in [-0.25, -0.2) is 0 Å². The van der Waals surface area contributed by atoms with Gasteiger partial charge in [-0.2, -0.15) is 0 Å². The number of aliphatic hydroxyl groups excluding tert-OH is 1. The van der Waals surface area contributed by atoms with Gasteiger partial charge in [0.25, 0.3) is 0 Å². The van der Waals surface area contributed by atoms with E-state index >= 15 is 0 Å². The van der Waals surface area contributed by atoms with Gasteiger partial charge in [-0.1, -0.05) is 18.5 Å². The van der Waals surface area contributed by atoms with Crippen LogP contribution in [-0.4, -0.2) is 27.3 Å². The van der Waals surface area contributed by atoms with Crippen LogP contribution >= 0.6 is 11.6 Å². The molecule has 19 heavy (non-hydrogen) atoms. The van der Waals surface area contributed by atoms with Gasteiger partial charge in [0.05, 0.1) is 11.5 Å². The molecule has 0 aliphatic rings. The van der Waals surface area contributed by atoms with Crippen LogP contribution in [0, 0.1) is 10.1 Å². The molecule has 0 saturated carbocycles. The van der Waals surface area contributed by atoms with Gasteiger partial charge in [-0.15, -0.1) is 0 Å². The number of hydrogen-bond donors (Lipinski definition) is 3. The number of nitrogens with one attached hydrogen (secondary N) is 1. The molecule has 1 atom stereocenters. The monoisotopic (exact) mass is 288 g/mol. The van der Waals surface area contributed by atoms with Crippen LogP contribution in [0.4, 0.5) is 5.69 Å². The lowest BCUT2D eigenvalue weighted by Gasteiger charge is -2.27. The van der Waals surface area contributed by atoms with Crippen LogP contribution in [0.3, 0.4) is 0 Å². The molecule has 106 valence electrons. The zero-order valence-corrected chi connectivity index (χ0v) is 11.6. The third kappa shape index (κ3) is 3.79. The van der Waals surface area contributed by atoms with Gasteiger partial charge in [-0.3, -0.25) is 10.1 Å². The summed E-state index contributed by atoms with van der Waals surface area (Å²) in [5.74, 6) is -0.404. The third-order valence-electron chi connectivity index (χ3n) is 3.17. The van der Waals surface area contributed by atoms with Crippen molar-refractivity contribution in [2.24, 2.45) is 0 Å². The molecular weight excluding hydrogens is 272 g/mol. The van der Waals surface area contributed by atoms with Crippen LogP contribution in [0.1, 0.15) is 25.8 Å². The molecule has 1 aromatic carbocycles. The fraction of sp³-hybridized carbons (Fsp3) is 0.500. The molecule has 7 heteroatoms. The van der Waals surface area contributed by atoms with E-state index in [0.717, 1.165) is 6.07 Å². The van der Waals surface area contributed by atoms with Crippen molar-refractivity contribution in [3.63, 3.8) is 0 Å². The largest absolute Gasteiger partial charge is 0.502 e. The number of hydrogen-bond acceptors (Lipinski definition) is 5. The van der Waals surface area contributed by atoms with Gasteiger partial charge in [0, 0.05) is 28.7 Å². The van der Waals surface area contributed by atoms with Crippen molar-refractivity contribution in [1.29, 1.82) is 0 Å². The van der Waals surface area contributed by atoms with E-state index in [1.165, 1.54) is 6.07 Å². The molecule has 0 aromatic heterocycles. The number of aromatic hydroxyl groups is 1. The molecule has 0 heterocycles. The highest BCUT2D eigenvalue weighted by molar-refractivity contribution is 6.31. The van der Waals surface area contributed by atoms with E-state index in [2.05, 4.69) is 5.32 Å². The Kier molecular flexibility index (Phi) is 5.11. The summed E-state index contributed by atoms with van der Waals surface area (Å²) >= 11 is 5.79. The first-order chi connectivity index (χ1) is 8.83. The zero-order chi connectivity index (χ0) is 14.6. The van der Waals surface area contributed by atoms with E-state index in [9.17, 15) is 20.3 Å². The molecule has 0 aliphatic heterocycles. The minimum absolute atomic E-state index is 0.0765. The number of phenolic OH excluding ortho intramolecular Hbond substituents is 1. The van der Waals surface area contributed by atoms with Gasteiger partial charge in [0.2, 0.25) is 0 Å². The fourth-order valence-electron chi connectivity index (χ4n) is 1.52. The Morgan fingerprint density at radius 1 is 1.53 bits per heavy atom. The third-order valence-corrected chi connectivity index (χ3v) is 3.38. The van der Waals surface area contributed by atoms with Crippen molar-refractivity contribution in [2.75, 3.05) is 6.61 Å². The Morgan fingerprint density at radius 2 is 2.16 bits per heavy atom. The molecular formula is C12H17ClN2O4. The molecule has 0 amide bonds. The van der Waals surface area contributed by atoms with Crippen molar-refractivity contribution in [1.82, 2.24) is 5.32 Å². The number of nitro groups is 1. The van der Waals surface area contributed by atoms with Crippen LogP contribution in [-0.2, 0) is 6.54 Å². The van der Waals surface area contributed by atoms with Crippen molar-refractivity contribution in [2.45, 2.75) is 32.4 Å². The number of nitro benzene ring substituents is 1. The number of rotatable bonds is 6. The number of benzene rings is 1. The highest BCUT2D eigenvalue weighted by Crippen LogP contribution is 2.33. The first-order valence-corrected chi connectivity index (χ1v) is 6.22. The van der Waals surface area contributed by atoms with E-state index < -0.39 is 21.9 Å². The summed E-state index contributed by atoms with van der Waals surface area (Å²) in [6.45, 7) is 3.83. The standard InChI is InChI=1S/C12H17ClN2O4/c1-3-12(2,7-16)14-6-8-4-9(13)5-10(11(8)17)15(18)19/h4-5,14,16-17H,3,6-7H2,1-2H3. The van der Waals surface area contributed by atoms with Gasteiger partial charge in [0.15, 0.2) is 5.75 Å². The summed E-state index contributed by atoms with van der Waals surface area (Å²) in [5, 5.41) is 33.1. The van der Waals surface area contributed by atoms with Crippen molar-refractivity contribution in [3.05, 3.63) is 32.8 Å². The highest BCUT2D eigenvalue weighted by Gasteiger charge is 2.23. The number of aliphatic hydroxyl groups is 1. The van der Waals surface area contributed by atoms with E-state index in [1.807, 2.05) is 13.8 Å². The van der Waals surface area contributed by atoms with E-state index in [4.69, 9.17) is 11.6 Å². The smallest absolute Gasteiger partial charge is 0.312 e. The second kappa shape index (κ2) is 6.18. The predicted molar refractivity (Wildman–Crippen MR) is 72.4 cm³/mol. The Bertz CT molecular complexity index is 475. The number of nitrogens with zero attached hydrogens (tertiary/aromatic N) is 1. The number of phenols is 1. The summed E-state index contributed by atoms with van der Waals surface area (Å²) in [4.78, 5) is 10.1. The Morgan fingerprint density at radius 3 is 2.63 bits per heavy atom. The Balaban J connectivity index is 2.99. The maximum atomic E-state index is 10.8. The molecule has 0 bridgehead atoms. The van der Waals surface area contributed by atoms with Crippen LogP contribution in [0.5, 0.6) is 5.75 Å².